The van der Waals surface area contributed by atoms with Crippen molar-refractivity contribution in [3.8, 4) is 5.75 Å². The van der Waals surface area contributed by atoms with Gasteiger partial charge in [-0.1, -0.05) is 12.1 Å². The molecule has 2 atom stereocenters. The lowest BCUT2D eigenvalue weighted by Gasteiger charge is -2.33. The van der Waals surface area contributed by atoms with Crippen molar-refractivity contribution in [2.24, 2.45) is 5.92 Å². The Kier molecular flexibility index (Phi) is 6.02. The number of hydrogen-bond donors (Lipinski definition) is 0. The Hall–Kier alpha value is -2.04. The molecule has 1 saturated heterocycles. The van der Waals surface area contributed by atoms with E-state index in [0.29, 0.717) is 25.4 Å². The Morgan fingerprint density at radius 2 is 2.17 bits per heavy atom. The van der Waals surface area contributed by atoms with Gasteiger partial charge in [-0.25, -0.2) is 0 Å². The normalized spacial score (nSPS) is 19.1. The molecule has 1 aliphatic heterocycles. The van der Waals surface area contributed by atoms with Crippen molar-refractivity contribution in [1.82, 2.24) is 4.90 Å². The van der Waals surface area contributed by atoms with E-state index in [2.05, 4.69) is 0 Å². The molecule has 0 aliphatic carbocycles. The maximum Gasteiger partial charge on any atom is 0.310 e. The van der Waals surface area contributed by atoms with E-state index >= 15 is 0 Å². The SMILES string of the molecule is CCOC(=O)[C@@H]1CCCN(C(=O)[C@@H](C)Oc2cccc(C)c2)C1. The average molecular weight is 319 g/mol. The second-order valence-electron chi connectivity index (χ2n) is 5.95. The molecule has 0 spiro atoms. The molecule has 0 N–H and O–H groups in total. The molecule has 0 bridgehead atoms. The first-order chi connectivity index (χ1) is 11.0. The topological polar surface area (TPSA) is 55.8 Å². The Morgan fingerprint density at radius 3 is 2.87 bits per heavy atom. The number of rotatable bonds is 5. The number of carbonyl (C=O) groups excluding carboxylic acids is 2. The molecule has 0 radical (unpaired) electrons. The molecule has 126 valence electrons. The van der Waals surface area contributed by atoms with Gasteiger partial charge < -0.3 is 14.4 Å². The lowest BCUT2D eigenvalue weighted by atomic mass is 9.98. The minimum Gasteiger partial charge on any atom is -0.481 e. The highest BCUT2D eigenvalue weighted by atomic mass is 16.5. The molecule has 23 heavy (non-hydrogen) atoms. The van der Waals surface area contributed by atoms with E-state index in [1.54, 1.807) is 18.7 Å². The summed E-state index contributed by atoms with van der Waals surface area (Å²) < 4.78 is 10.8. The Bertz CT molecular complexity index is 558. The molecule has 0 saturated carbocycles. The first kappa shape index (κ1) is 17.3. The third-order valence-corrected chi connectivity index (χ3v) is 4.00. The van der Waals surface area contributed by atoms with E-state index in [1.807, 2.05) is 31.2 Å². The van der Waals surface area contributed by atoms with Crippen molar-refractivity contribution in [3.63, 3.8) is 0 Å². The van der Waals surface area contributed by atoms with Gasteiger partial charge in [0.2, 0.25) is 0 Å². The minimum absolute atomic E-state index is 0.0829. The predicted octanol–water partition coefficient (Wildman–Crippen LogP) is 2.56. The number of aryl methyl sites for hydroxylation is 1. The molecule has 1 aromatic carbocycles. The summed E-state index contributed by atoms with van der Waals surface area (Å²) in [5.41, 5.74) is 1.09. The zero-order valence-corrected chi connectivity index (χ0v) is 14.1. The monoisotopic (exact) mass is 319 g/mol. The van der Waals surface area contributed by atoms with Gasteiger partial charge in [0.15, 0.2) is 6.10 Å². The number of carbonyl (C=O) groups is 2. The highest BCUT2D eigenvalue weighted by Crippen LogP contribution is 2.20. The molecule has 0 unspecified atom stereocenters. The van der Waals surface area contributed by atoms with Gasteiger partial charge in [-0.05, 0) is 51.3 Å². The number of amides is 1. The quantitative estimate of drug-likeness (QED) is 0.783. The van der Waals surface area contributed by atoms with E-state index in [-0.39, 0.29) is 17.8 Å². The van der Waals surface area contributed by atoms with Gasteiger partial charge in [-0.2, -0.15) is 0 Å². The molecule has 1 amide bonds. The van der Waals surface area contributed by atoms with Crippen LogP contribution in [0.15, 0.2) is 24.3 Å². The summed E-state index contributed by atoms with van der Waals surface area (Å²) in [5.74, 6) is 0.168. The fourth-order valence-electron chi connectivity index (χ4n) is 2.83. The van der Waals surface area contributed by atoms with Crippen LogP contribution in [0.4, 0.5) is 0 Å². The zero-order valence-electron chi connectivity index (χ0n) is 14.1. The van der Waals surface area contributed by atoms with Crippen LogP contribution in [0, 0.1) is 12.8 Å². The Balaban J connectivity index is 1.94. The summed E-state index contributed by atoms with van der Waals surface area (Å²) in [6, 6.07) is 7.63. The fraction of sp³-hybridized carbons (Fsp3) is 0.556. The average Bonchev–Trinajstić information content (AvgIpc) is 2.54. The number of benzene rings is 1. The maximum atomic E-state index is 12.6. The maximum absolute atomic E-state index is 12.6. The van der Waals surface area contributed by atoms with Crippen molar-refractivity contribution in [1.29, 1.82) is 0 Å². The number of nitrogens with zero attached hydrogens (tertiary/aromatic N) is 1. The summed E-state index contributed by atoms with van der Waals surface area (Å²) in [7, 11) is 0. The second-order valence-corrected chi connectivity index (χ2v) is 5.95. The van der Waals surface area contributed by atoms with Crippen molar-refractivity contribution in [2.75, 3.05) is 19.7 Å². The molecular weight excluding hydrogens is 294 g/mol. The van der Waals surface area contributed by atoms with Gasteiger partial charge in [0.25, 0.3) is 5.91 Å². The van der Waals surface area contributed by atoms with Crippen molar-refractivity contribution < 1.29 is 19.1 Å². The van der Waals surface area contributed by atoms with Crippen LogP contribution in [0.1, 0.15) is 32.3 Å². The molecule has 1 aliphatic rings. The number of ether oxygens (including phenoxy) is 2. The van der Waals surface area contributed by atoms with Crippen LogP contribution in [-0.2, 0) is 14.3 Å². The highest BCUT2D eigenvalue weighted by Gasteiger charge is 2.31. The van der Waals surface area contributed by atoms with Crippen LogP contribution in [0.3, 0.4) is 0 Å². The van der Waals surface area contributed by atoms with Crippen LogP contribution in [0.2, 0.25) is 0 Å². The van der Waals surface area contributed by atoms with Crippen molar-refractivity contribution in [2.45, 2.75) is 39.7 Å². The summed E-state index contributed by atoms with van der Waals surface area (Å²) >= 11 is 0. The summed E-state index contributed by atoms with van der Waals surface area (Å²) in [6.07, 6.45) is 1.01. The highest BCUT2D eigenvalue weighted by molar-refractivity contribution is 5.82. The first-order valence-electron chi connectivity index (χ1n) is 8.20. The van der Waals surface area contributed by atoms with Crippen LogP contribution in [-0.4, -0.2) is 42.6 Å². The number of esters is 1. The number of piperidine rings is 1. The van der Waals surface area contributed by atoms with E-state index in [4.69, 9.17) is 9.47 Å². The third-order valence-electron chi connectivity index (χ3n) is 4.00. The predicted molar refractivity (Wildman–Crippen MR) is 87.2 cm³/mol. The lowest BCUT2D eigenvalue weighted by Crippen LogP contribution is -2.47. The molecule has 5 nitrogen and oxygen atoms in total. The van der Waals surface area contributed by atoms with Gasteiger partial charge in [0, 0.05) is 13.1 Å². The van der Waals surface area contributed by atoms with Crippen LogP contribution in [0.5, 0.6) is 5.75 Å². The van der Waals surface area contributed by atoms with Gasteiger partial charge in [0.05, 0.1) is 12.5 Å². The Morgan fingerprint density at radius 1 is 1.39 bits per heavy atom. The zero-order chi connectivity index (χ0) is 16.8. The molecule has 1 heterocycles. The van der Waals surface area contributed by atoms with Crippen molar-refractivity contribution in [3.05, 3.63) is 29.8 Å². The Labute approximate surface area is 137 Å². The molecular formula is C18H25NO4. The summed E-state index contributed by atoms with van der Waals surface area (Å²) in [5, 5.41) is 0. The van der Waals surface area contributed by atoms with Crippen LogP contribution >= 0.6 is 0 Å². The minimum atomic E-state index is -0.572. The van der Waals surface area contributed by atoms with Gasteiger partial charge in [-0.15, -0.1) is 0 Å². The van der Waals surface area contributed by atoms with Gasteiger partial charge in [-0.3, -0.25) is 9.59 Å². The molecule has 0 aromatic heterocycles. The first-order valence-corrected chi connectivity index (χ1v) is 8.20. The summed E-state index contributed by atoms with van der Waals surface area (Å²) in [6.45, 7) is 6.97. The lowest BCUT2D eigenvalue weighted by molar-refractivity contribution is -0.152. The second kappa shape index (κ2) is 7.99. The number of likely N-dealkylation sites (tertiary alicyclic amines) is 1. The fourth-order valence-corrected chi connectivity index (χ4v) is 2.83. The van der Waals surface area contributed by atoms with E-state index in [9.17, 15) is 9.59 Å². The van der Waals surface area contributed by atoms with E-state index < -0.39 is 6.10 Å². The van der Waals surface area contributed by atoms with E-state index in [1.165, 1.54) is 0 Å². The summed E-state index contributed by atoms with van der Waals surface area (Å²) in [4.78, 5) is 26.1. The molecule has 2 rings (SSSR count). The van der Waals surface area contributed by atoms with Gasteiger partial charge >= 0.3 is 5.97 Å². The standard InChI is InChI=1S/C18H25NO4/c1-4-22-18(21)15-8-6-10-19(12-15)17(20)14(3)23-16-9-5-7-13(2)11-16/h5,7,9,11,14-15H,4,6,8,10,12H2,1-3H3/t14-,15-/m1/s1. The molecule has 5 heteroatoms. The van der Waals surface area contributed by atoms with Crippen molar-refractivity contribution >= 4 is 11.9 Å². The molecule has 1 fully saturated rings. The number of hydrogen-bond acceptors (Lipinski definition) is 4. The van der Waals surface area contributed by atoms with Crippen LogP contribution < -0.4 is 4.74 Å². The molecule has 1 aromatic rings. The van der Waals surface area contributed by atoms with E-state index in [0.717, 1.165) is 18.4 Å². The van der Waals surface area contributed by atoms with Gasteiger partial charge in [0.1, 0.15) is 5.75 Å². The largest absolute Gasteiger partial charge is 0.481 e. The smallest absolute Gasteiger partial charge is 0.310 e. The van der Waals surface area contributed by atoms with Crippen LogP contribution in [0.25, 0.3) is 0 Å². The third kappa shape index (κ3) is 4.71.